The molecule has 16 heavy (non-hydrogen) atoms. The summed E-state index contributed by atoms with van der Waals surface area (Å²) in [4.78, 5) is 9.64. The van der Waals surface area contributed by atoms with Crippen LogP contribution in [0.5, 0.6) is 0 Å². The van der Waals surface area contributed by atoms with Crippen molar-refractivity contribution < 1.29 is 4.74 Å². The minimum atomic E-state index is -0.156. The second kappa shape index (κ2) is 3.66. The number of hydrogen-bond acceptors (Lipinski definition) is 4. The van der Waals surface area contributed by atoms with Crippen molar-refractivity contribution in [2.24, 2.45) is 0 Å². The third-order valence-electron chi connectivity index (χ3n) is 2.70. The standard InChI is InChI=1S/C11H20N4O/c1-7-5-15(6-11(3,4)16-7)10-9(12)13-8(2)14-10/h7H,5-6,12H2,1-4H3,(H,13,14). The van der Waals surface area contributed by atoms with Gasteiger partial charge in [0.1, 0.15) is 11.6 Å². The molecule has 2 rings (SSSR count). The SMILES string of the molecule is Cc1nc(N2CC(C)OC(C)(C)C2)c(N)[nH]1. The summed E-state index contributed by atoms with van der Waals surface area (Å²) in [7, 11) is 0. The van der Waals surface area contributed by atoms with Gasteiger partial charge in [-0.05, 0) is 27.7 Å². The molecule has 0 amide bonds. The van der Waals surface area contributed by atoms with Gasteiger partial charge < -0.3 is 20.4 Å². The van der Waals surface area contributed by atoms with Gasteiger partial charge in [-0.1, -0.05) is 0 Å². The molecule has 0 radical (unpaired) electrons. The van der Waals surface area contributed by atoms with Crippen LogP contribution < -0.4 is 10.6 Å². The van der Waals surface area contributed by atoms with E-state index in [1.54, 1.807) is 0 Å². The van der Waals surface area contributed by atoms with Crippen LogP contribution in [0, 0.1) is 6.92 Å². The molecule has 1 aromatic rings. The summed E-state index contributed by atoms with van der Waals surface area (Å²) in [5.74, 6) is 2.34. The summed E-state index contributed by atoms with van der Waals surface area (Å²) in [6, 6.07) is 0. The fraction of sp³-hybridized carbons (Fsp3) is 0.727. The number of aryl methyl sites for hydroxylation is 1. The Kier molecular flexibility index (Phi) is 2.58. The molecule has 1 saturated heterocycles. The quantitative estimate of drug-likeness (QED) is 0.754. The number of nitrogen functional groups attached to an aromatic ring is 1. The van der Waals surface area contributed by atoms with E-state index in [1.807, 2.05) is 6.92 Å². The minimum absolute atomic E-state index is 0.156. The zero-order valence-corrected chi connectivity index (χ0v) is 10.4. The minimum Gasteiger partial charge on any atom is -0.382 e. The van der Waals surface area contributed by atoms with Gasteiger partial charge in [-0.25, -0.2) is 4.98 Å². The predicted octanol–water partition coefficient (Wildman–Crippen LogP) is 1.30. The van der Waals surface area contributed by atoms with Crippen molar-refractivity contribution in [3.8, 4) is 0 Å². The molecule has 1 unspecified atom stereocenters. The summed E-state index contributed by atoms with van der Waals surface area (Å²) >= 11 is 0. The van der Waals surface area contributed by atoms with Gasteiger partial charge in [0, 0.05) is 13.1 Å². The summed E-state index contributed by atoms with van der Waals surface area (Å²) < 4.78 is 5.85. The Morgan fingerprint density at radius 3 is 2.75 bits per heavy atom. The smallest absolute Gasteiger partial charge is 0.171 e. The van der Waals surface area contributed by atoms with Crippen LogP contribution in [0.2, 0.25) is 0 Å². The van der Waals surface area contributed by atoms with Crippen LogP contribution in [-0.2, 0) is 4.74 Å². The number of nitrogens with one attached hydrogen (secondary N) is 1. The molecule has 5 heteroatoms. The summed E-state index contributed by atoms with van der Waals surface area (Å²) in [6.07, 6.45) is 0.195. The molecular weight excluding hydrogens is 204 g/mol. The molecule has 1 fully saturated rings. The van der Waals surface area contributed by atoms with Crippen LogP contribution in [-0.4, -0.2) is 34.8 Å². The van der Waals surface area contributed by atoms with E-state index in [1.165, 1.54) is 0 Å². The second-order valence-electron chi connectivity index (χ2n) is 5.13. The van der Waals surface area contributed by atoms with Crippen molar-refractivity contribution >= 4 is 11.6 Å². The average Bonchev–Trinajstić information content (AvgIpc) is 2.41. The van der Waals surface area contributed by atoms with Crippen LogP contribution >= 0.6 is 0 Å². The maximum absolute atomic E-state index is 5.91. The van der Waals surface area contributed by atoms with Crippen molar-refractivity contribution in [2.75, 3.05) is 23.7 Å². The molecule has 0 saturated carbocycles. The first kappa shape index (κ1) is 11.3. The van der Waals surface area contributed by atoms with Gasteiger partial charge in [-0.2, -0.15) is 0 Å². The topological polar surface area (TPSA) is 67.2 Å². The Labute approximate surface area is 96.0 Å². The zero-order valence-electron chi connectivity index (χ0n) is 10.4. The first-order chi connectivity index (χ1) is 7.37. The van der Waals surface area contributed by atoms with E-state index in [9.17, 15) is 0 Å². The Morgan fingerprint density at radius 2 is 2.25 bits per heavy atom. The molecule has 1 aliphatic rings. The molecule has 3 N–H and O–H groups in total. The van der Waals surface area contributed by atoms with Gasteiger partial charge in [0.25, 0.3) is 0 Å². The van der Waals surface area contributed by atoms with Crippen LogP contribution in [0.15, 0.2) is 0 Å². The lowest BCUT2D eigenvalue weighted by atomic mass is 10.1. The predicted molar refractivity (Wildman–Crippen MR) is 64.6 cm³/mol. The Bertz CT molecular complexity index is 385. The highest BCUT2D eigenvalue weighted by atomic mass is 16.5. The monoisotopic (exact) mass is 224 g/mol. The van der Waals surface area contributed by atoms with E-state index < -0.39 is 0 Å². The molecule has 0 aliphatic carbocycles. The number of nitrogens with two attached hydrogens (primary N) is 1. The Balaban J connectivity index is 2.24. The third-order valence-corrected chi connectivity index (χ3v) is 2.70. The van der Waals surface area contributed by atoms with Crippen molar-refractivity contribution in [3.05, 3.63) is 5.82 Å². The number of aromatic nitrogens is 2. The molecule has 1 aliphatic heterocycles. The van der Waals surface area contributed by atoms with Crippen LogP contribution in [0.3, 0.4) is 0 Å². The molecular formula is C11H20N4O. The molecule has 1 atom stereocenters. The highest BCUT2D eigenvalue weighted by molar-refractivity contribution is 5.59. The number of nitrogens with zero attached hydrogens (tertiary/aromatic N) is 2. The first-order valence-corrected chi connectivity index (χ1v) is 5.62. The van der Waals surface area contributed by atoms with E-state index in [0.29, 0.717) is 5.82 Å². The normalized spacial score (nSPS) is 24.8. The molecule has 0 spiro atoms. The van der Waals surface area contributed by atoms with Gasteiger partial charge in [0.2, 0.25) is 0 Å². The molecule has 2 heterocycles. The Hall–Kier alpha value is -1.23. The highest BCUT2D eigenvalue weighted by Crippen LogP contribution is 2.27. The van der Waals surface area contributed by atoms with Gasteiger partial charge in [0.15, 0.2) is 5.82 Å². The number of imidazole rings is 1. The average molecular weight is 224 g/mol. The Morgan fingerprint density at radius 1 is 1.56 bits per heavy atom. The fourth-order valence-electron chi connectivity index (χ4n) is 2.35. The van der Waals surface area contributed by atoms with E-state index in [-0.39, 0.29) is 11.7 Å². The van der Waals surface area contributed by atoms with Gasteiger partial charge in [-0.15, -0.1) is 0 Å². The lowest BCUT2D eigenvalue weighted by molar-refractivity contribution is -0.0751. The van der Waals surface area contributed by atoms with Crippen molar-refractivity contribution in [2.45, 2.75) is 39.4 Å². The number of rotatable bonds is 1. The van der Waals surface area contributed by atoms with E-state index in [4.69, 9.17) is 10.5 Å². The lowest BCUT2D eigenvalue weighted by Crippen LogP contribution is -2.52. The van der Waals surface area contributed by atoms with Gasteiger partial charge >= 0.3 is 0 Å². The number of morpholine rings is 1. The maximum atomic E-state index is 5.91. The van der Waals surface area contributed by atoms with E-state index in [2.05, 4.69) is 35.6 Å². The largest absolute Gasteiger partial charge is 0.382 e. The molecule has 90 valence electrons. The number of H-pyrrole nitrogens is 1. The third kappa shape index (κ3) is 2.14. The van der Waals surface area contributed by atoms with Gasteiger partial charge in [-0.3, -0.25) is 0 Å². The maximum Gasteiger partial charge on any atom is 0.171 e. The molecule has 5 nitrogen and oxygen atoms in total. The molecule has 0 bridgehead atoms. The van der Waals surface area contributed by atoms with Crippen LogP contribution in [0.25, 0.3) is 0 Å². The lowest BCUT2D eigenvalue weighted by Gasteiger charge is -2.42. The number of hydrogen-bond donors (Lipinski definition) is 2. The van der Waals surface area contributed by atoms with E-state index >= 15 is 0 Å². The van der Waals surface area contributed by atoms with Gasteiger partial charge in [0.05, 0.1) is 11.7 Å². The molecule has 1 aromatic heterocycles. The zero-order chi connectivity index (χ0) is 11.9. The summed E-state index contributed by atoms with van der Waals surface area (Å²) in [5.41, 5.74) is 5.75. The summed E-state index contributed by atoms with van der Waals surface area (Å²) in [6.45, 7) is 9.80. The van der Waals surface area contributed by atoms with Crippen LogP contribution in [0.4, 0.5) is 11.6 Å². The molecule has 0 aromatic carbocycles. The fourth-order valence-corrected chi connectivity index (χ4v) is 2.35. The summed E-state index contributed by atoms with van der Waals surface area (Å²) in [5, 5.41) is 0. The number of anilines is 2. The first-order valence-electron chi connectivity index (χ1n) is 5.62. The van der Waals surface area contributed by atoms with E-state index in [0.717, 1.165) is 24.7 Å². The van der Waals surface area contributed by atoms with Crippen molar-refractivity contribution in [3.63, 3.8) is 0 Å². The van der Waals surface area contributed by atoms with Crippen molar-refractivity contribution in [1.82, 2.24) is 9.97 Å². The van der Waals surface area contributed by atoms with Crippen LogP contribution in [0.1, 0.15) is 26.6 Å². The number of aromatic amines is 1. The second-order valence-corrected chi connectivity index (χ2v) is 5.13. The van der Waals surface area contributed by atoms with Crippen molar-refractivity contribution in [1.29, 1.82) is 0 Å². The number of ether oxygens (including phenoxy) is 1. The highest BCUT2D eigenvalue weighted by Gasteiger charge is 2.33.